The average Bonchev–Trinajstić information content (AvgIpc) is 2.79. The number of hydroxylamine groups is 2. The number of hydrogen-bond donors (Lipinski definition) is 3. The van der Waals surface area contributed by atoms with Crippen LogP contribution in [0.25, 0.3) is 0 Å². The SMILES string of the molecule is C[C@@H]([C@@H](CCCc1ccccc1)C(=O)N[C@H](C(=O)NC1CCOCC1)C(C)(C)C)N(O)C=O. The molecule has 3 atom stereocenters. The van der Waals surface area contributed by atoms with E-state index in [0.717, 1.165) is 24.8 Å². The number of amides is 3. The number of carbonyl (C=O) groups excluding carboxylic acids is 3. The highest BCUT2D eigenvalue weighted by Gasteiger charge is 2.37. The van der Waals surface area contributed by atoms with Gasteiger partial charge in [0.15, 0.2) is 0 Å². The van der Waals surface area contributed by atoms with Gasteiger partial charge in [0, 0.05) is 19.3 Å². The number of ether oxygens (including phenoxy) is 1. The van der Waals surface area contributed by atoms with E-state index in [9.17, 15) is 19.6 Å². The molecule has 1 aliphatic rings. The van der Waals surface area contributed by atoms with Gasteiger partial charge in [-0.05, 0) is 50.0 Å². The van der Waals surface area contributed by atoms with Crippen molar-refractivity contribution >= 4 is 18.2 Å². The molecule has 184 valence electrons. The predicted molar refractivity (Wildman–Crippen MR) is 125 cm³/mol. The van der Waals surface area contributed by atoms with E-state index >= 15 is 0 Å². The first-order valence-corrected chi connectivity index (χ1v) is 11.8. The van der Waals surface area contributed by atoms with Crippen LogP contribution in [0.15, 0.2) is 30.3 Å². The quantitative estimate of drug-likeness (QED) is 0.267. The molecule has 1 aromatic rings. The Morgan fingerprint density at radius 3 is 2.39 bits per heavy atom. The second-order valence-corrected chi connectivity index (χ2v) is 9.91. The summed E-state index contributed by atoms with van der Waals surface area (Å²) in [6.07, 6.45) is 3.74. The maximum absolute atomic E-state index is 13.3. The Kier molecular flexibility index (Phi) is 10.3. The second kappa shape index (κ2) is 12.7. The van der Waals surface area contributed by atoms with Gasteiger partial charge in [0.25, 0.3) is 0 Å². The molecular weight excluding hydrogens is 422 g/mol. The fourth-order valence-corrected chi connectivity index (χ4v) is 4.09. The van der Waals surface area contributed by atoms with Crippen LogP contribution in [0, 0.1) is 11.3 Å². The van der Waals surface area contributed by atoms with Crippen molar-refractivity contribution in [2.24, 2.45) is 11.3 Å². The zero-order chi connectivity index (χ0) is 24.4. The van der Waals surface area contributed by atoms with Crippen LogP contribution in [0.1, 0.15) is 58.9 Å². The molecule has 0 aromatic heterocycles. The monoisotopic (exact) mass is 461 g/mol. The van der Waals surface area contributed by atoms with Crippen molar-refractivity contribution < 1.29 is 24.3 Å². The zero-order valence-corrected chi connectivity index (χ0v) is 20.3. The lowest BCUT2D eigenvalue weighted by atomic mass is 9.84. The lowest BCUT2D eigenvalue weighted by molar-refractivity contribution is -0.166. The second-order valence-electron chi connectivity index (χ2n) is 9.91. The molecule has 1 saturated heterocycles. The first kappa shape index (κ1) is 26.8. The lowest BCUT2D eigenvalue weighted by Gasteiger charge is -2.35. The molecule has 3 amide bonds. The minimum absolute atomic E-state index is 0.0246. The molecule has 33 heavy (non-hydrogen) atoms. The number of rotatable bonds is 11. The van der Waals surface area contributed by atoms with Gasteiger partial charge in [0.2, 0.25) is 18.2 Å². The predicted octanol–water partition coefficient (Wildman–Crippen LogP) is 2.69. The molecule has 2 rings (SSSR count). The van der Waals surface area contributed by atoms with E-state index in [-0.39, 0.29) is 17.9 Å². The summed E-state index contributed by atoms with van der Waals surface area (Å²) in [4.78, 5) is 37.6. The van der Waals surface area contributed by atoms with Crippen molar-refractivity contribution in [2.75, 3.05) is 13.2 Å². The molecule has 8 heteroatoms. The molecule has 1 aliphatic heterocycles. The third-order valence-electron chi connectivity index (χ3n) is 6.25. The highest BCUT2D eigenvalue weighted by atomic mass is 16.5. The first-order chi connectivity index (χ1) is 15.6. The highest BCUT2D eigenvalue weighted by molar-refractivity contribution is 5.89. The number of hydrogen-bond acceptors (Lipinski definition) is 5. The Morgan fingerprint density at radius 2 is 1.82 bits per heavy atom. The molecule has 3 N–H and O–H groups in total. The van der Waals surface area contributed by atoms with E-state index in [1.165, 1.54) is 0 Å². The molecule has 0 spiro atoms. The third-order valence-corrected chi connectivity index (χ3v) is 6.25. The van der Waals surface area contributed by atoms with Crippen LogP contribution in [-0.2, 0) is 25.5 Å². The van der Waals surface area contributed by atoms with Crippen LogP contribution < -0.4 is 10.6 Å². The summed E-state index contributed by atoms with van der Waals surface area (Å²) in [7, 11) is 0. The molecule has 1 fully saturated rings. The van der Waals surface area contributed by atoms with E-state index in [4.69, 9.17) is 4.74 Å². The minimum Gasteiger partial charge on any atom is -0.381 e. The van der Waals surface area contributed by atoms with Crippen LogP contribution in [-0.4, -0.2) is 59.8 Å². The topological polar surface area (TPSA) is 108 Å². The molecule has 0 radical (unpaired) electrons. The van der Waals surface area contributed by atoms with Crippen molar-refractivity contribution in [3.05, 3.63) is 35.9 Å². The molecule has 0 aliphatic carbocycles. The fourth-order valence-electron chi connectivity index (χ4n) is 4.09. The van der Waals surface area contributed by atoms with Gasteiger partial charge >= 0.3 is 0 Å². The number of benzene rings is 1. The average molecular weight is 462 g/mol. The van der Waals surface area contributed by atoms with E-state index in [0.29, 0.717) is 37.5 Å². The lowest BCUT2D eigenvalue weighted by Crippen LogP contribution is -2.58. The van der Waals surface area contributed by atoms with Crippen LogP contribution in [0.4, 0.5) is 0 Å². The summed E-state index contributed by atoms with van der Waals surface area (Å²) >= 11 is 0. The van der Waals surface area contributed by atoms with Crippen LogP contribution in [0.3, 0.4) is 0 Å². The maximum Gasteiger partial charge on any atom is 0.243 e. The Balaban J connectivity index is 2.09. The van der Waals surface area contributed by atoms with Gasteiger partial charge < -0.3 is 15.4 Å². The van der Waals surface area contributed by atoms with Crippen molar-refractivity contribution in [2.45, 2.75) is 77.9 Å². The van der Waals surface area contributed by atoms with Gasteiger partial charge in [0.1, 0.15) is 6.04 Å². The normalized spacial score (nSPS) is 17.5. The van der Waals surface area contributed by atoms with Crippen molar-refractivity contribution in [3.8, 4) is 0 Å². The molecule has 0 saturated carbocycles. The highest BCUT2D eigenvalue weighted by Crippen LogP contribution is 2.23. The van der Waals surface area contributed by atoms with E-state index < -0.39 is 23.4 Å². The first-order valence-electron chi connectivity index (χ1n) is 11.8. The Labute approximate surface area is 197 Å². The van der Waals surface area contributed by atoms with Gasteiger partial charge in [0.05, 0.1) is 12.0 Å². The molecule has 8 nitrogen and oxygen atoms in total. The third kappa shape index (κ3) is 8.44. The summed E-state index contributed by atoms with van der Waals surface area (Å²) in [5, 5.41) is 16.5. The number of nitrogens with zero attached hydrogens (tertiary/aromatic N) is 1. The minimum atomic E-state index is -0.750. The van der Waals surface area contributed by atoms with Gasteiger partial charge in [-0.25, -0.2) is 5.06 Å². The van der Waals surface area contributed by atoms with Gasteiger partial charge in [-0.2, -0.15) is 0 Å². The number of nitrogens with one attached hydrogen (secondary N) is 2. The van der Waals surface area contributed by atoms with E-state index in [2.05, 4.69) is 10.6 Å². The molecule has 0 unspecified atom stereocenters. The molecule has 0 bridgehead atoms. The summed E-state index contributed by atoms with van der Waals surface area (Å²) < 4.78 is 5.36. The van der Waals surface area contributed by atoms with E-state index in [1.807, 2.05) is 51.1 Å². The summed E-state index contributed by atoms with van der Waals surface area (Å²) in [6.45, 7) is 8.56. The summed E-state index contributed by atoms with van der Waals surface area (Å²) in [6, 6.07) is 8.49. The fraction of sp³-hybridized carbons (Fsp3) is 0.640. The van der Waals surface area contributed by atoms with Gasteiger partial charge in [-0.1, -0.05) is 51.1 Å². The van der Waals surface area contributed by atoms with Crippen molar-refractivity contribution in [1.82, 2.24) is 15.7 Å². The number of carbonyl (C=O) groups is 3. The summed E-state index contributed by atoms with van der Waals surface area (Å²) in [5.41, 5.74) is 0.635. The largest absolute Gasteiger partial charge is 0.381 e. The summed E-state index contributed by atoms with van der Waals surface area (Å²) in [5.74, 6) is -1.24. The number of aryl methyl sites for hydroxylation is 1. The molecular formula is C25H39N3O5. The Bertz CT molecular complexity index is 759. The van der Waals surface area contributed by atoms with Crippen LogP contribution >= 0.6 is 0 Å². The van der Waals surface area contributed by atoms with Gasteiger partial charge in [-0.15, -0.1) is 0 Å². The zero-order valence-electron chi connectivity index (χ0n) is 20.3. The Morgan fingerprint density at radius 1 is 1.18 bits per heavy atom. The van der Waals surface area contributed by atoms with Crippen molar-refractivity contribution in [1.29, 1.82) is 0 Å². The maximum atomic E-state index is 13.3. The molecule has 1 heterocycles. The van der Waals surface area contributed by atoms with E-state index in [1.54, 1.807) is 6.92 Å². The smallest absolute Gasteiger partial charge is 0.243 e. The molecule has 1 aromatic carbocycles. The van der Waals surface area contributed by atoms with Gasteiger partial charge in [-0.3, -0.25) is 19.6 Å². The standard InChI is InChI=1S/C25H39N3O5/c1-18(28(32)17-29)21(12-8-11-19-9-6-5-7-10-19)23(30)27-22(25(2,3)4)24(31)26-20-13-15-33-16-14-20/h5-7,9-10,17-18,20-22,32H,8,11-16H2,1-4H3,(H,26,31)(H,27,30)/t18-,21+,22+/m0/s1. The Hall–Kier alpha value is -2.45. The van der Waals surface area contributed by atoms with Crippen molar-refractivity contribution in [3.63, 3.8) is 0 Å². The van der Waals surface area contributed by atoms with Crippen LogP contribution in [0.5, 0.6) is 0 Å². The van der Waals surface area contributed by atoms with Crippen LogP contribution in [0.2, 0.25) is 0 Å².